The van der Waals surface area contributed by atoms with E-state index in [9.17, 15) is 0 Å². The van der Waals surface area contributed by atoms with Crippen molar-refractivity contribution in [2.24, 2.45) is 15.3 Å². The summed E-state index contributed by atoms with van der Waals surface area (Å²) in [7, 11) is 0. The van der Waals surface area contributed by atoms with Crippen molar-refractivity contribution in [3.05, 3.63) is 6.33 Å². The molecule has 0 bridgehead atoms. The fourth-order valence-electron chi connectivity index (χ4n) is 0.750. The number of H-pyrrole nitrogens is 1. The van der Waals surface area contributed by atoms with Gasteiger partial charge in [0, 0.05) is 0 Å². The number of nitrogens with one attached hydrogen (secondary N) is 2. The highest BCUT2D eigenvalue weighted by Gasteiger charge is 2.07. The predicted octanol–water partition coefficient (Wildman–Crippen LogP) is -0.0901. The molecule has 2 N–H and O–H groups in total. The highest BCUT2D eigenvalue weighted by Crippen LogP contribution is 1.95. The van der Waals surface area contributed by atoms with E-state index in [-0.39, 0.29) is 0 Å². The first-order chi connectivity index (χ1) is 6.36. The SMILES string of the molecule is CC1=NN=[C]C1=NNc1nnc[nH]1. The van der Waals surface area contributed by atoms with Crippen LogP contribution in [0.2, 0.25) is 0 Å². The molecule has 0 aromatic carbocycles. The molecule has 0 spiro atoms. The van der Waals surface area contributed by atoms with Gasteiger partial charge in [-0.05, 0) is 6.92 Å². The molecule has 0 saturated carbocycles. The van der Waals surface area contributed by atoms with Crippen LogP contribution in [0.15, 0.2) is 21.6 Å². The van der Waals surface area contributed by atoms with Gasteiger partial charge in [0.2, 0.25) is 5.95 Å². The van der Waals surface area contributed by atoms with E-state index in [0.29, 0.717) is 17.4 Å². The van der Waals surface area contributed by atoms with Gasteiger partial charge >= 0.3 is 0 Å². The number of hydrazone groups is 1. The lowest BCUT2D eigenvalue weighted by atomic mass is 10.3. The molecular formula is C6H6N7. The van der Waals surface area contributed by atoms with E-state index in [2.05, 4.69) is 42.1 Å². The van der Waals surface area contributed by atoms with Crippen LogP contribution < -0.4 is 5.43 Å². The van der Waals surface area contributed by atoms with Crippen molar-refractivity contribution in [1.29, 1.82) is 0 Å². The van der Waals surface area contributed by atoms with Gasteiger partial charge in [-0.15, -0.1) is 15.3 Å². The van der Waals surface area contributed by atoms with Gasteiger partial charge in [-0.25, -0.2) is 5.43 Å². The topological polar surface area (TPSA) is 90.7 Å². The van der Waals surface area contributed by atoms with E-state index in [1.807, 2.05) is 0 Å². The zero-order chi connectivity index (χ0) is 9.10. The molecule has 1 radical (unpaired) electrons. The molecule has 0 atom stereocenters. The van der Waals surface area contributed by atoms with Crippen LogP contribution in [0.5, 0.6) is 0 Å². The van der Waals surface area contributed by atoms with Crippen molar-refractivity contribution in [1.82, 2.24) is 15.2 Å². The Kier molecular flexibility index (Phi) is 1.83. The lowest BCUT2D eigenvalue weighted by molar-refractivity contribution is 1.08. The van der Waals surface area contributed by atoms with Gasteiger partial charge in [-0.3, -0.25) is 0 Å². The molecule has 0 unspecified atom stereocenters. The number of aromatic nitrogens is 3. The first-order valence-corrected chi connectivity index (χ1v) is 3.56. The minimum absolute atomic E-state index is 0.467. The van der Waals surface area contributed by atoms with Crippen LogP contribution in [-0.2, 0) is 0 Å². The van der Waals surface area contributed by atoms with Crippen LogP contribution >= 0.6 is 0 Å². The Hall–Kier alpha value is -2.05. The number of nitrogens with zero attached hydrogens (tertiary/aromatic N) is 5. The second kappa shape index (κ2) is 3.13. The number of hydrogen-bond acceptors (Lipinski definition) is 6. The largest absolute Gasteiger partial charge is 0.312 e. The Morgan fingerprint density at radius 3 is 3.15 bits per heavy atom. The molecular weight excluding hydrogens is 170 g/mol. The average Bonchev–Trinajstić information content (AvgIpc) is 2.72. The first-order valence-electron chi connectivity index (χ1n) is 3.56. The van der Waals surface area contributed by atoms with Crippen LogP contribution in [0.4, 0.5) is 5.95 Å². The molecule has 1 aromatic rings. The zero-order valence-electron chi connectivity index (χ0n) is 6.81. The summed E-state index contributed by atoms with van der Waals surface area (Å²) in [4.78, 5) is 2.74. The van der Waals surface area contributed by atoms with Gasteiger partial charge in [-0.2, -0.15) is 10.2 Å². The van der Waals surface area contributed by atoms with E-state index >= 15 is 0 Å². The molecule has 0 aliphatic carbocycles. The molecule has 7 heteroatoms. The highest BCUT2D eigenvalue weighted by atomic mass is 15.4. The third-order valence-electron chi connectivity index (χ3n) is 1.39. The van der Waals surface area contributed by atoms with Gasteiger partial charge in [0.25, 0.3) is 0 Å². The van der Waals surface area contributed by atoms with Crippen molar-refractivity contribution < 1.29 is 0 Å². The van der Waals surface area contributed by atoms with Crippen LogP contribution in [0.25, 0.3) is 0 Å². The van der Waals surface area contributed by atoms with Crippen molar-refractivity contribution in [3.8, 4) is 0 Å². The van der Waals surface area contributed by atoms with E-state index < -0.39 is 0 Å². The van der Waals surface area contributed by atoms with E-state index in [1.54, 1.807) is 6.92 Å². The highest BCUT2D eigenvalue weighted by molar-refractivity contribution is 6.63. The lowest BCUT2D eigenvalue weighted by Gasteiger charge is -1.93. The first kappa shape index (κ1) is 7.59. The van der Waals surface area contributed by atoms with Crippen LogP contribution in [-0.4, -0.2) is 32.8 Å². The fourth-order valence-corrected chi connectivity index (χ4v) is 0.750. The third-order valence-corrected chi connectivity index (χ3v) is 1.39. The fraction of sp³-hybridized carbons (Fsp3) is 0.167. The van der Waals surface area contributed by atoms with Crippen molar-refractivity contribution in [2.75, 3.05) is 5.43 Å². The summed E-state index contributed by atoms with van der Waals surface area (Å²) in [5, 5.41) is 18.5. The molecule has 0 amide bonds. The Balaban J connectivity index is 2.06. The summed E-state index contributed by atoms with van der Waals surface area (Å²) in [5.74, 6) is 0.467. The molecule has 1 aliphatic heterocycles. The third kappa shape index (κ3) is 1.58. The minimum Gasteiger partial charge on any atom is -0.312 e. The van der Waals surface area contributed by atoms with Gasteiger partial charge in [0.1, 0.15) is 18.3 Å². The van der Waals surface area contributed by atoms with Gasteiger partial charge < -0.3 is 4.98 Å². The second-order valence-electron chi connectivity index (χ2n) is 2.31. The summed E-state index contributed by atoms with van der Waals surface area (Å²) in [5.41, 5.74) is 3.93. The van der Waals surface area contributed by atoms with Crippen molar-refractivity contribution in [3.63, 3.8) is 0 Å². The Morgan fingerprint density at radius 1 is 1.62 bits per heavy atom. The zero-order valence-corrected chi connectivity index (χ0v) is 6.81. The standard InChI is InChI=1S/C6H6N7/c1-4-5(2-8-10-4)11-13-6-7-3-9-12-6/h3H,1H3,(H2,7,9,12,13). The maximum atomic E-state index is 3.94. The maximum Gasteiger partial charge on any atom is 0.242 e. The molecule has 1 aliphatic rings. The molecule has 2 rings (SSSR count). The molecule has 0 fully saturated rings. The monoisotopic (exact) mass is 176 g/mol. The molecule has 7 nitrogen and oxygen atoms in total. The molecule has 13 heavy (non-hydrogen) atoms. The normalized spacial score (nSPS) is 17.9. The van der Waals surface area contributed by atoms with Gasteiger partial charge in [0.05, 0.1) is 5.71 Å². The number of rotatable bonds is 2. The number of hydrogen-bond donors (Lipinski definition) is 2. The van der Waals surface area contributed by atoms with Crippen molar-refractivity contribution >= 4 is 23.6 Å². The molecule has 0 saturated heterocycles. The molecule has 2 heterocycles. The summed E-state index contributed by atoms with van der Waals surface area (Å²) in [6.45, 7) is 1.80. The van der Waals surface area contributed by atoms with E-state index in [1.165, 1.54) is 6.33 Å². The molecule has 1 aromatic heterocycles. The average molecular weight is 176 g/mol. The quantitative estimate of drug-likeness (QED) is 0.617. The Bertz CT molecular complexity index is 372. The maximum absolute atomic E-state index is 3.94. The van der Waals surface area contributed by atoms with Crippen LogP contribution in [0, 0.1) is 0 Å². The molecule has 65 valence electrons. The van der Waals surface area contributed by atoms with Crippen LogP contribution in [0.1, 0.15) is 6.92 Å². The summed E-state index contributed by atoms with van der Waals surface area (Å²) in [6.07, 6.45) is 4.07. The minimum atomic E-state index is 0.467. The van der Waals surface area contributed by atoms with E-state index in [4.69, 9.17) is 0 Å². The smallest absolute Gasteiger partial charge is 0.242 e. The van der Waals surface area contributed by atoms with Gasteiger partial charge in [0.15, 0.2) is 0 Å². The lowest BCUT2D eigenvalue weighted by Crippen LogP contribution is -2.10. The van der Waals surface area contributed by atoms with Crippen molar-refractivity contribution in [2.45, 2.75) is 6.92 Å². The predicted molar refractivity (Wildman–Crippen MR) is 48.0 cm³/mol. The number of anilines is 1. The Labute approximate surface area is 73.7 Å². The Morgan fingerprint density at radius 2 is 2.54 bits per heavy atom. The van der Waals surface area contributed by atoms with Gasteiger partial charge in [-0.1, -0.05) is 0 Å². The summed E-state index contributed by atoms with van der Waals surface area (Å²) < 4.78 is 0. The number of aromatic amines is 1. The second-order valence-corrected chi connectivity index (χ2v) is 2.31. The van der Waals surface area contributed by atoms with E-state index in [0.717, 1.165) is 0 Å². The summed E-state index contributed by atoms with van der Waals surface area (Å²) >= 11 is 0. The summed E-state index contributed by atoms with van der Waals surface area (Å²) in [6, 6.07) is 0. The van der Waals surface area contributed by atoms with Crippen LogP contribution in [0.3, 0.4) is 0 Å².